The maximum absolute atomic E-state index is 12.6. The highest BCUT2D eigenvalue weighted by Gasteiger charge is 2.30. The Labute approximate surface area is 126 Å². The van der Waals surface area contributed by atoms with E-state index in [1.165, 1.54) is 12.1 Å². The third kappa shape index (κ3) is 3.83. The molecule has 1 aliphatic heterocycles. The van der Waals surface area contributed by atoms with Crippen LogP contribution in [-0.4, -0.2) is 32.3 Å². The summed E-state index contributed by atoms with van der Waals surface area (Å²) in [5.41, 5.74) is 1.19. The fourth-order valence-corrected chi connectivity index (χ4v) is 3.46. The van der Waals surface area contributed by atoms with Gasteiger partial charge in [-0.25, -0.2) is 13.6 Å². The number of carbonyl (C=O) groups excluding carboxylic acids is 1. The summed E-state index contributed by atoms with van der Waals surface area (Å²) in [5.74, 6) is -0.128. The summed E-state index contributed by atoms with van der Waals surface area (Å²) in [7, 11) is -3.81. The fourth-order valence-electron chi connectivity index (χ4n) is 2.81. The topological polar surface area (TPSA) is 80.5 Å². The molecule has 5 nitrogen and oxygen atoms in total. The molecule has 0 unspecified atom stereocenters. The summed E-state index contributed by atoms with van der Waals surface area (Å²) in [6.45, 7) is 7.42. The Bertz CT molecular complexity index is 665. The van der Waals surface area contributed by atoms with E-state index in [-0.39, 0.29) is 16.2 Å². The minimum absolute atomic E-state index is 0.0119. The molecule has 1 saturated heterocycles. The van der Waals surface area contributed by atoms with Gasteiger partial charge in [0.2, 0.25) is 10.0 Å². The first kappa shape index (κ1) is 16.0. The molecule has 1 aliphatic rings. The summed E-state index contributed by atoms with van der Waals surface area (Å²) >= 11 is 0. The Kier molecular flexibility index (Phi) is 4.13. The Morgan fingerprint density at radius 3 is 2.52 bits per heavy atom. The van der Waals surface area contributed by atoms with E-state index in [2.05, 4.69) is 13.8 Å². The van der Waals surface area contributed by atoms with Gasteiger partial charge >= 0.3 is 0 Å². The molecule has 0 saturated carbocycles. The lowest BCUT2D eigenvalue weighted by molar-refractivity contribution is 0.0583. The number of hydrogen-bond donors (Lipinski definition) is 1. The maximum atomic E-state index is 12.6. The minimum Gasteiger partial charge on any atom is -0.338 e. The Morgan fingerprint density at radius 2 is 1.95 bits per heavy atom. The smallest absolute Gasteiger partial charge is 0.253 e. The third-order valence-electron chi connectivity index (χ3n) is 3.81. The van der Waals surface area contributed by atoms with E-state index in [4.69, 9.17) is 5.14 Å². The SMILES string of the molecule is Cc1cc(C(=O)N2CCCC(C)(C)C2)cc(S(N)(=O)=O)c1. The summed E-state index contributed by atoms with van der Waals surface area (Å²) in [6, 6.07) is 4.55. The molecule has 1 aromatic carbocycles. The molecule has 1 heterocycles. The molecule has 2 N–H and O–H groups in total. The van der Waals surface area contributed by atoms with E-state index >= 15 is 0 Å². The molecule has 116 valence electrons. The number of sulfonamides is 1. The van der Waals surface area contributed by atoms with Crippen LogP contribution in [0.4, 0.5) is 0 Å². The molecule has 1 fully saturated rings. The molecular weight excluding hydrogens is 288 g/mol. The van der Waals surface area contributed by atoms with Gasteiger partial charge < -0.3 is 4.90 Å². The zero-order chi connectivity index (χ0) is 15.8. The van der Waals surface area contributed by atoms with Crippen molar-refractivity contribution in [3.8, 4) is 0 Å². The van der Waals surface area contributed by atoms with E-state index in [0.29, 0.717) is 24.2 Å². The largest absolute Gasteiger partial charge is 0.338 e. The van der Waals surface area contributed by atoms with Crippen molar-refractivity contribution in [1.82, 2.24) is 4.90 Å². The number of hydrogen-bond acceptors (Lipinski definition) is 3. The van der Waals surface area contributed by atoms with Crippen LogP contribution in [0.15, 0.2) is 23.1 Å². The van der Waals surface area contributed by atoms with Gasteiger partial charge in [-0.05, 0) is 48.9 Å². The number of carbonyl (C=O) groups is 1. The molecule has 21 heavy (non-hydrogen) atoms. The van der Waals surface area contributed by atoms with Crippen LogP contribution in [0.3, 0.4) is 0 Å². The van der Waals surface area contributed by atoms with Crippen molar-refractivity contribution in [2.24, 2.45) is 10.6 Å². The van der Waals surface area contributed by atoms with Crippen molar-refractivity contribution in [1.29, 1.82) is 0 Å². The second-order valence-corrected chi connectivity index (χ2v) is 8.14. The van der Waals surface area contributed by atoms with Gasteiger partial charge in [-0.2, -0.15) is 0 Å². The minimum atomic E-state index is -3.81. The number of nitrogens with zero attached hydrogens (tertiary/aromatic N) is 1. The number of rotatable bonds is 2. The Hall–Kier alpha value is -1.40. The molecule has 0 aromatic heterocycles. The fraction of sp³-hybridized carbons (Fsp3) is 0.533. The molecule has 1 aromatic rings. The van der Waals surface area contributed by atoms with Gasteiger partial charge in [0.05, 0.1) is 4.90 Å². The van der Waals surface area contributed by atoms with E-state index in [9.17, 15) is 13.2 Å². The van der Waals surface area contributed by atoms with Crippen molar-refractivity contribution in [3.63, 3.8) is 0 Å². The number of benzene rings is 1. The van der Waals surface area contributed by atoms with Crippen molar-refractivity contribution in [2.75, 3.05) is 13.1 Å². The second-order valence-electron chi connectivity index (χ2n) is 6.57. The number of amides is 1. The predicted molar refractivity (Wildman–Crippen MR) is 81.5 cm³/mol. The molecule has 0 aliphatic carbocycles. The van der Waals surface area contributed by atoms with Crippen molar-refractivity contribution >= 4 is 15.9 Å². The normalized spacial score (nSPS) is 18.6. The van der Waals surface area contributed by atoms with Crippen LogP contribution in [0.5, 0.6) is 0 Å². The van der Waals surface area contributed by atoms with E-state index in [1.54, 1.807) is 17.9 Å². The lowest BCUT2D eigenvalue weighted by atomic mass is 9.84. The van der Waals surface area contributed by atoms with Gasteiger partial charge in [-0.1, -0.05) is 13.8 Å². The van der Waals surface area contributed by atoms with Crippen LogP contribution < -0.4 is 5.14 Å². The Balaban J connectivity index is 2.33. The Morgan fingerprint density at radius 1 is 1.29 bits per heavy atom. The molecule has 2 rings (SSSR count). The van der Waals surface area contributed by atoms with Gasteiger partial charge in [0.25, 0.3) is 5.91 Å². The summed E-state index contributed by atoms with van der Waals surface area (Å²) in [4.78, 5) is 14.4. The van der Waals surface area contributed by atoms with Crippen LogP contribution >= 0.6 is 0 Å². The lowest BCUT2D eigenvalue weighted by Crippen LogP contribution is -2.43. The lowest BCUT2D eigenvalue weighted by Gasteiger charge is -2.38. The highest BCUT2D eigenvalue weighted by Crippen LogP contribution is 2.29. The number of likely N-dealkylation sites (tertiary alicyclic amines) is 1. The zero-order valence-electron chi connectivity index (χ0n) is 12.7. The molecule has 0 spiro atoms. The van der Waals surface area contributed by atoms with E-state index in [0.717, 1.165) is 12.8 Å². The van der Waals surface area contributed by atoms with Gasteiger partial charge in [-0.15, -0.1) is 0 Å². The van der Waals surface area contributed by atoms with Gasteiger partial charge in [-0.3, -0.25) is 4.79 Å². The second kappa shape index (κ2) is 5.42. The van der Waals surface area contributed by atoms with E-state index in [1.807, 2.05) is 0 Å². The van der Waals surface area contributed by atoms with Crippen LogP contribution in [0.2, 0.25) is 0 Å². The molecule has 1 amide bonds. The maximum Gasteiger partial charge on any atom is 0.253 e. The monoisotopic (exact) mass is 310 g/mol. The van der Waals surface area contributed by atoms with Crippen LogP contribution in [-0.2, 0) is 10.0 Å². The van der Waals surface area contributed by atoms with Crippen LogP contribution in [0.1, 0.15) is 42.6 Å². The van der Waals surface area contributed by atoms with Crippen molar-refractivity contribution in [3.05, 3.63) is 29.3 Å². The van der Waals surface area contributed by atoms with Crippen LogP contribution in [0.25, 0.3) is 0 Å². The van der Waals surface area contributed by atoms with Crippen LogP contribution in [0, 0.1) is 12.3 Å². The molecular formula is C15H22N2O3S. The number of piperidine rings is 1. The zero-order valence-corrected chi connectivity index (χ0v) is 13.5. The van der Waals surface area contributed by atoms with Crippen molar-refractivity contribution < 1.29 is 13.2 Å². The number of aryl methyl sites for hydroxylation is 1. The summed E-state index contributed by atoms with van der Waals surface area (Å²) in [5, 5.41) is 5.16. The van der Waals surface area contributed by atoms with Gasteiger partial charge in [0.1, 0.15) is 0 Å². The molecule has 0 radical (unpaired) electrons. The van der Waals surface area contributed by atoms with E-state index < -0.39 is 10.0 Å². The van der Waals surface area contributed by atoms with Crippen molar-refractivity contribution in [2.45, 2.75) is 38.5 Å². The molecule has 0 bridgehead atoms. The molecule has 0 atom stereocenters. The number of nitrogens with two attached hydrogens (primary N) is 1. The highest BCUT2D eigenvalue weighted by atomic mass is 32.2. The summed E-state index contributed by atoms with van der Waals surface area (Å²) in [6.07, 6.45) is 2.06. The first-order valence-corrected chi connectivity index (χ1v) is 8.57. The standard InChI is InChI=1S/C15H22N2O3S/c1-11-7-12(9-13(8-11)21(16,19)20)14(18)17-6-4-5-15(2,3)10-17/h7-9H,4-6,10H2,1-3H3,(H2,16,19,20). The number of primary sulfonamides is 1. The highest BCUT2D eigenvalue weighted by molar-refractivity contribution is 7.89. The summed E-state index contributed by atoms with van der Waals surface area (Å²) < 4.78 is 23.0. The average molecular weight is 310 g/mol. The molecule has 6 heteroatoms. The third-order valence-corrected chi connectivity index (χ3v) is 4.71. The first-order chi connectivity index (χ1) is 9.58. The first-order valence-electron chi connectivity index (χ1n) is 7.02. The average Bonchev–Trinajstić information content (AvgIpc) is 2.35. The quantitative estimate of drug-likeness (QED) is 0.906. The van der Waals surface area contributed by atoms with Gasteiger partial charge in [0.15, 0.2) is 0 Å². The predicted octanol–water partition coefficient (Wildman–Crippen LogP) is 1.90. The van der Waals surface area contributed by atoms with Gasteiger partial charge in [0, 0.05) is 18.7 Å².